The van der Waals surface area contributed by atoms with Gasteiger partial charge >= 0.3 is 0 Å². The number of hydrogen-bond donors (Lipinski definition) is 0. The Morgan fingerprint density at radius 3 is 2.09 bits per heavy atom. The Kier molecular flexibility index (Phi) is 0.425. The second-order valence-corrected chi connectivity index (χ2v) is 6.33. The van der Waals surface area contributed by atoms with Crippen LogP contribution in [0.25, 0.3) is 0 Å². The van der Waals surface area contributed by atoms with Crippen LogP contribution in [0.3, 0.4) is 0 Å². The summed E-state index contributed by atoms with van der Waals surface area (Å²) in [5, 5.41) is 0. The summed E-state index contributed by atoms with van der Waals surface area (Å²) in [5.74, 6) is 6.51. The lowest BCUT2D eigenvalue weighted by Gasteiger charge is -2.85. The molecule has 56 valence electrons. The van der Waals surface area contributed by atoms with Crippen LogP contribution in [0.15, 0.2) is 0 Å². The third-order valence-electron chi connectivity index (χ3n) is 5.47. The first-order valence-corrected chi connectivity index (χ1v) is 5.30. The van der Waals surface area contributed by atoms with Gasteiger partial charge in [-0.1, -0.05) is 15.9 Å². The highest BCUT2D eigenvalue weighted by molar-refractivity contribution is 9.10. The molecule has 6 aliphatic carbocycles. The molecule has 0 aromatic heterocycles. The van der Waals surface area contributed by atoms with Crippen molar-refractivity contribution in [2.24, 2.45) is 41.4 Å². The quantitative estimate of drug-likeness (QED) is 0.548. The fourth-order valence-electron chi connectivity index (χ4n) is 5.37. The molecule has 0 radical (unpaired) electrons. The van der Waals surface area contributed by atoms with Crippen LogP contribution in [0.2, 0.25) is 0 Å². The van der Waals surface area contributed by atoms with Gasteiger partial charge in [-0.3, -0.25) is 4.79 Å². The monoisotopic (exact) mass is 210 g/mol. The Balaban J connectivity index is 1.94. The molecule has 0 aromatic rings. The van der Waals surface area contributed by atoms with Crippen molar-refractivity contribution in [3.05, 3.63) is 0 Å². The van der Waals surface area contributed by atoms with Crippen molar-refractivity contribution in [2.45, 2.75) is 4.32 Å². The molecular formula is C9H7BrO. The van der Waals surface area contributed by atoms with E-state index in [0.717, 1.165) is 35.5 Å². The first-order valence-electron chi connectivity index (χ1n) is 4.51. The first kappa shape index (κ1) is 5.00. The van der Waals surface area contributed by atoms with E-state index in [4.69, 9.17) is 0 Å². The second-order valence-electron chi connectivity index (χ2n) is 5.02. The van der Waals surface area contributed by atoms with Crippen LogP contribution in [0.4, 0.5) is 0 Å². The summed E-state index contributed by atoms with van der Waals surface area (Å²) >= 11 is 3.71. The molecule has 0 aromatic carbocycles. The van der Waals surface area contributed by atoms with Crippen molar-refractivity contribution in [1.29, 1.82) is 0 Å². The standard InChI is InChI=1S/C9H7BrO/c10-9-6-2-1-3(4(2)8(9)11)7(9)5(1)6/h1-7H/t1?,2-,3-,4?,5?,6-,7+,9?/m0/s1. The van der Waals surface area contributed by atoms with Gasteiger partial charge in [0.05, 0.1) is 4.32 Å². The molecule has 11 heavy (non-hydrogen) atoms. The zero-order chi connectivity index (χ0) is 7.12. The lowest BCUT2D eigenvalue weighted by atomic mass is 9.20. The highest BCUT2D eigenvalue weighted by Gasteiger charge is 2.99. The van der Waals surface area contributed by atoms with E-state index in [1.165, 1.54) is 0 Å². The predicted molar refractivity (Wildman–Crippen MR) is 41.1 cm³/mol. The number of Topliss-reactive ketones (excluding diaryl/α,β-unsaturated/α-hetero) is 1. The van der Waals surface area contributed by atoms with E-state index in [0.29, 0.717) is 11.7 Å². The van der Waals surface area contributed by atoms with Crippen molar-refractivity contribution in [2.75, 3.05) is 0 Å². The summed E-state index contributed by atoms with van der Waals surface area (Å²) in [6.07, 6.45) is 0. The summed E-state index contributed by atoms with van der Waals surface area (Å²) in [6.45, 7) is 0. The molecule has 6 rings (SSSR count). The van der Waals surface area contributed by atoms with Gasteiger partial charge in [-0.15, -0.1) is 0 Å². The van der Waals surface area contributed by atoms with Crippen LogP contribution in [0.5, 0.6) is 0 Å². The lowest BCUT2D eigenvalue weighted by molar-refractivity contribution is -0.367. The molecule has 6 fully saturated rings. The Labute approximate surface area is 72.7 Å². The number of ketones is 1. The van der Waals surface area contributed by atoms with E-state index in [-0.39, 0.29) is 4.32 Å². The number of carbonyl (C=O) groups excluding carboxylic acids is 1. The first-order chi connectivity index (χ1) is 5.28. The molecule has 8 atom stereocenters. The summed E-state index contributed by atoms with van der Waals surface area (Å²) in [7, 11) is 0. The van der Waals surface area contributed by atoms with Gasteiger partial charge in [0.25, 0.3) is 0 Å². The Hall–Kier alpha value is 0.150. The highest BCUT2D eigenvalue weighted by atomic mass is 79.9. The third kappa shape index (κ3) is 0.199. The molecule has 2 heteroatoms. The van der Waals surface area contributed by atoms with Crippen molar-refractivity contribution in [1.82, 2.24) is 0 Å². The van der Waals surface area contributed by atoms with E-state index in [2.05, 4.69) is 15.9 Å². The molecule has 4 unspecified atom stereocenters. The predicted octanol–water partition coefficient (Wildman–Crippen LogP) is 1.07. The van der Waals surface area contributed by atoms with E-state index in [1.807, 2.05) is 0 Å². The molecule has 0 N–H and O–H groups in total. The largest absolute Gasteiger partial charge is 0.298 e. The van der Waals surface area contributed by atoms with Gasteiger partial charge in [0, 0.05) is 5.92 Å². The van der Waals surface area contributed by atoms with Crippen molar-refractivity contribution < 1.29 is 4.79 Å². The van der Waals surface area contributed by atoms with E-state index < -0.39 is 0 Å². The van der Waals surface area contributed by atoms with Crippen LogP contribution >= 0.6 is 15.9 Å². The van der Waals surface area contributed by atoms with Crippen molar-refractivity contribution >= 4 is 21.7 Å². The van der Waals surface area contributed by atoms with Crippen molar-refractivity contribution in [3.63, 3.8) is 0 Å². The average molecular weight is 211 g/mol. The fraction of sp³-hybridized carbons (Fsp3) is 0.889. The van der Waals surface area contributed by atoms with Gasteiger partial charge in [-0.25, -0.2) is 0 Å². The highest BCUT2D eigenvalue weighted by Crippen LogP contribution is 2.96. The minimum absolute atomic E-state index is 0.0480. The summed E-state index contributed by atoms with van der Waals surface area (Å²) in [4.78, 5) is 11.7. The smallest absolute Gasteiger partial charge is 0.153 e. The van der Waals surface area contributed by atoms with Crippen LogP contribution in [-0.2, 0) is 4.79 Å². The Bertz CT molecular complexity index is 316. The topological polar surface area (TPSA) is 17.1 Å². The number of hydrogen-bond acceptors (Lipinski definition) is 1. The van der Waals surface area contributed by atoms with E-state index >= 15 is 0 Å². The van der Waals surface area contributed by atoms with Gasteiger partial charge in [0.1, 0.15) is 0 Å². The van der Waals surface area contributed by atoms with Crippen LogP contribution in [0, 0.1) is 41.4 Å². The molecular weight excluding hydrogens is 204 g/mol. The molecule has 6 saturated carbocycles. The van der Waals surface area contributed by atoms with Crippen LogP contribution in [0.1, 0.15) is 0 Å². The normalized spacial score (nSPS) is 89.9. The summed E-state index contributed by atoms with van der Waals surface area (Å²) in [6, 6.07) is 0. The number of alkyl halides is 1. The number of halogens is 1. The summed E-state index contributed by atoms with van der Waals surface area (Å²) in [5.41, 5.74) is 0. The molecule has 0 aliphatic heterocycles. The average Bonchev–Trinajstić information content (AvgIpc) is 2.14. The molecule has 0 spiro atoms. The molecule has 0 amide bonds. The molecule has 0 heterocycles. The van der Waals surface area contributed by atoms with Crippen molar-refractivity contribution in [3.8, 4) is 0 Å². The van der Waals surface area contributed by atoms with Gasteiger partial charge in [0.2, 0.25) is 0 Å². The van der Waals surface area contributed by atoms with Crippen LogP contribution < -0.4 is 0 Å². The molecule has 0 saturated heterocycles. The van der Waals surface area contributed by atoms with Gasteiger partial charge in [-0.05, 0) is 35.5 Å². The van der Waals surface area contributed by atoms with E-state index in [1.54, 1.807) is 0 Å². The SMILES string of the molecule is O=C1C2[C@@H]3C4C5[C@H]3C1(Br)[C@@H]5[C@H]24. The minimum atomic E-state index is 0.0480. The maximum atomic E-state index is 11.7. The number of rotatable bonds is 0. The zero-order valence-electron chi connectivity index (χ0n) is 5.83. The molecule has 6 aliphatic rings. The zero-order valence-corrected chi connectivity index (χ0v) is 7.41. The van der Waals surface area contributed by atoms with Crippen LogP contribution in [-0.4, -0.2) is 10.1 Å². The minimum Gasteiger partial charge on any atom is -0.298 e. The van der Waals surface area contributed by atoms with Gasteiger partial charge in [0.15, 0.2) is 5.78 Å². The maximum absolute atomic E-state index is 11.7. The van der Waals surface area contributed by atoms with Gasteiger partial charge in [-0.2, -0.15) is 0 Å². The number of carbonyl (C=O) groups is 1. The third-order valence-corrected chi connectivity index (χ3v) is 6.92. The molecule has 2 bridgehead atoms. The molecule has 1 nitrogen and oxygen atoms in total. The second kappa shape index (κ2) is 0.935. The fourth-order valence-corrected chi connectivity index (χ4v) is 6.85. The van der Waals surface area contributed by atoms with Gasteiger partial charge < -0.3 is 0 Å². The maximum Gasteiger partial charge on any atom is 0.153 e. The Morgan fingerprint density at radius 1 is 1.09 bits per heavy atom. The Morgan fingerprint density at radius 2 is 1.73 bits per heavy atom. The summed E-state index contributed by atoms with van der Waals surface area (Å²) < 4.78 is 0.0480. The van der Waals surface area contributed by atoms with E-state index in [9.17, 15) is 4.79 Å². The lowest BCUT2D eigenvalue weighted by Crippen LogP contribution is -2.85.